The van der Waals surface area contributed by atoms with Crippen LogP contribution in [0.2, 0.25) is 0 Å². The van der Waals surface area contributed by atoms with E-state index in [1.54, 1.807) is 0 Å². The van der Waals surface area contributed by atoms with Crippen molar-refractivity contribution < 1.29 is 4.79 Å². The van der Waals surface area contributed by atoms with Crippen molar-refractivity contribution >= 4 is 16.9 Å². The third-order valence-corrected chi connectivity index (χ3v) is 3.56. The molecule has 106 valence electrons. The fourth-order valence-electron chi connectivity index (χ4n) is 2.51. The smallest absolute Gasteiger partial charge is 0.252 e. The molecule has 1 amide bonds. The Labute approximate surface area is 123 Å². The molecule has 2 aromatic carbocycles. The largest absolute Gasteiger partial charge is 0.345 e. The fourth-order valence-corrected chi connectivity index (χ4v) is 2.51. The van der Waals surface area contributed by atoms with E-state index in [9.17, 15) is 4.79 Å². The number of para-hydroxylation sites is 2. The molecule has 4 nitrogen and oxygen atoms in total. The highest BCUT2D eigenvalue weighted by Gasteiger charge is 2.12. The van der Waals surface area contributed by atoms with Gasteiger partial charge >= 0.3 is 0 Å². The second-order valence-corrected chi connectivity index (χ2v) is 5.15. The molecule has 2 N–H and O–H groups in total. The Morgan fingerprint density at radius 1 is 1.10 bits per heavy atom. The van der Waals surface area contributed by atoms with Crippen LogP contribution in [-0.4, -0.2) is 15.9 Å². The summed E-state index contributed by atoms with van der Waals surface area (Å²) >= 11 is 0. The molecule has 3 rings (SSSR count). The number of hydrogen-bond acceptors (Lipinski definition) is 2. The van der Waals surface area contributed by atoms with Crippen molar-refractivity contribution in [2.45, 2.75) is 20.4 Å². The molecule has 0 aliphatic rings. The number of fused-ring (bicyclic) bond motifs is 1. The van der Waals surface area contributed by atoms with E-state index in [4.69, 9.17) is 0 Å². The molecule has 0 spiro atoms. The lowest BCUT2D eigenvalue weighted by Crippen LogP contribution is -2.25. The van der Waals surface area contributed by atoms with E-state index < -0.39 is 0 Å². The van der Waals surface area contributed by atoms with Crippen LogP contribution in [0.3, 0.4) is 0 Å². The van der Waals surface area contributed by atoms with Gasteiger partial charge in [-0.1, -0.05) is 30.3 Å². The van der Waals surface area contributed by atoms with Gasteiger partial charge < -0.3 is 10.3 Å². The van der Waals surface area contributed by atoms with Gasteiger partial charge in [0.05, 0.1) is 17.6 Å². The van der Waals surface area contributed by atoms with Crippen LogP contribution in [0, 0.1) is 13.8 Å². The Hall–Kier alpha value is -2.62. The number of benzene rings is 2. The summed E-state index contributed by atoms with van der Waals surface area (Å²) in [5, 5.41) is 2.93. The number of nitrogens with one attached hydrogen (secondary N) is 2. The molecule has 0 unspecified atom stereocenters. The van der Waals surface area contributed by atoms with Crippen LogP contribution >= 0.6 is 0 Å². The molecule has 1 aromatic heterocycles. The van der Waals surface area contributed by atoms with Crippen molar-refractivity contribution in [1.29, 1.82) is 0 Å². The molecule has 1 heterocycles. The first-order valence-electron chi connectivity index (χ1n) is 6.93. The van der Waals surface area contributed by atoms with Gasteiger partial charge in [0.2, 0.25) is 0 Å². The molecule has 0 bridgehead atoms. The average molecular weight is 279 g/mol. The van der Waals surface area contributed by atoms with Gasteiger partial charge in [0, 0.05) is 5.56 Å². The van der Waals surface area contributed by atoms with Crippen molar-refractivity contribution in [1.82, 2.24) is 15.3 Å². The van der Waals surface area contributed by atoms with Crippen molar-refractivity contribution in [3.05, 3.63) is 65.0 Å². The quantitative estimate of drug-likeness (QED) is 0.774. The summed E-state index contributed by atoms with van der Waals surface area (Å²) in [6, 6.07) is 13.7. The molecule has 0 aliphatic heterocycles. The van der Waals surface area contributed by atoms with Crippen molar-refractivity contribution in [3.8, 4) is 0 Å². The highest BCUT2D eigenvalue weighted by Crippen LogP contribution is 2.14. The number of aryl methyl sites for hydroxylation is 2. The van der Waals surface area contributed by atoms with E-state index in [2.05, 4.69) is 15.3 Å². The van der Waals surface area contributed by atoms with Crippen LogP contribution in [-0.2, 0) is 6.54 Å². The molecule has 0 aliphatic carbocycles. The second kappa shape index (κ2) is 5.40. The minimum Gasteiger partial charge on any atom is -0.345 e. The number of aromatic nitrogens is 2. The SMILES string of the molecule is Cc1cccc(C)c1C(=O)NCc1nc2ccccc2[nH]1. The van der Waals surface area contributed by atoms with E-state index in [0.717, 1.165) is 33.5 Å². The summed E-state index contributed by atoms with van der Waals surface area (Å²) in [4.78, 5) is 20.0. The lowest BCUT2D eigenvalue weighted by Gasteiger charge is -2.09. The standard InChI is InChI=1S/C17H17N3O/c1-11-6-5-7-12(2)16(11)17(21)18-10-15-19-13-8-3-4-9-14(13)20-15/h3-9H,10H2,1-2H3,(H,18,21)(H,19,20). The first-order chi connectivity index (χ1) is 10.1. The van der Waals surface area contributed by atoms with E-state index in [1.807, 2.05) is 56.3 Å². The topological polar surface area (TPSA) is 57.8 Å². The van der Waals surface area contributed by atoms with Crippen molar-refractivity contribution in [2.24, 2.45) is 0 Å². The molecule has 0 saturated heterocycles. The molecule has 0 atom stereocenters. The maximum atomic E-state index is 12.3. The molecule has 3 aromatic rings. The Balaban J connectivity index is 1.76. The summed E-state index contributed by atoms with van der Waals surface area (Å²) in [7, 11) is 0. The monoisotopic (exact) mass is 279 g/mol. The number of rotatable bonds is 3. The molecule has 0 fully saturated rings. The lowest BCUT2D eigenvalue weighted by atomic mass is 10.0. The molecular formula is C17H17N3O. The van der Waals surface area contributed by atoms with Gasteiger partial charge in [-0.3, -0.25) is 4.79 Å². The predicted octanol–water partition coefficient (Wildman–Crippen LogP) is 3.11. The molecule has 0 saturated carbocycles. The zero-order chi connectivity index (χ0) is 14.8. The van der Waals surface area contributed by atoms with E-state index >= 15 is 0 Å². The molecular weight excluding hydrogens is 262 g/mol. The Morgan fingerprint density at radius 3 is 2.52 bits per heavy atom. The number of H-pyrrole nitrogens is 1. The first kappa shape index (κ1) is 13.4. The predicted molar refractivity (Wildman–Crippen MR) is 83.2 cm³/mol. The van der Waals surface area contributed by atoms with Crippen LogP contribution in [0.4, 0.5) is 0 Å². The zero-order valence-corrected chi connectivity index (χ0v) is 12.1. The van der Waals surface area contributed by atoms with Gasteiger partial charge in [-0.15, -0.1) is 0 Å². The summed E-state index contributed by atoms with van der Waals surface area (Å²) in [6.45, 7) is 4.29. The van der Waals surface area contributed by atoms with Gasteiger partial charge in [0.15, 0.2) is 0 Å². The third-order valence-electron chi connectivity index (χ3n) is 3.56. The lowest BCUT2D eigenvalue weighted by molar-refractivity contribution is 0.0949. The highest BCUT2D eigenvalue weighted by atomic mass is 16.1. The van der Waals surface area contributed by atoms with Crippen molar-refractivity contribution in [3.63, 3.8) is 0 Å². The van der Waals surface area contributed by atoms with Gasteiger partial charge in [0.1, 0.15) is 5.82 Å². The Kier molecular flexibility index (Phi) is 3.44. The Morgan fingerprint density at radius 2 is 1.81 bits per heavy atom. The zero-order valence-electron chi connectivity index (χ0n) is 12.1. The van der Waals surface area contributed by atoms with Crippen LogP contribution in [0.25, 0.3) is 11.0 Å². The number of hydrogen-bond donors (Lipinski definition) is 2. The third kappa shape index (κ3) is 2.65. The number of imidazole rings is 1. The van der Waals surface area contributed by atoms with Gasteiger partial charge in [-0.2, -0.15) is 0 Å². The van der Waals surface area contributed by atoms with E-state index in [1.165, 1.54) is 0 Å². The van der Waals surface area contributed by atoms with Crippen molar-refractivity contribution in [2.75, 3.05) is 0 Å². The van der Waals surface area contributed by atoms with Crippen LogP contribution < -0.4 is 5.32 Å². The summed E-state index contributed by atoms with van der Waals surface area (Å²) in [5.74, 6) is 0.696. The van der Waals surface area contributed by atoms with E-state index in [-0.39, 0.29) is 5.91 Å². The Bertz CT molecular complexity index is 751. The van der Waals surface area contributed by atoms with Gasteiger partial charge in [0.25, 0.3) is 5.91 Å². The minimum absolute atomic E-state index is 0.0638. The van der Waals surface area contributed by atoms with Crippen LogP contribution in [0.15, 0.2) is 42.5 Å². The molecule has 4 heteroatoms. The number of amides is 1. The maximum Gasteiger partial charge on any atom is 0.252 e. The molecule has 21 heavy (non-hydrogen) atoms. The summed E-state index contributed by atoms with van der Waals surface area (Å²) < 4.78 is 0. The summed E-state index contributed by atoms with van der Waals surface area (Å²) in [5.41, 5.74) is 4.60. The van der Waals surface area contributed by atoms with E-state index in [0.29, 0.717) is 6.54 Å². The number of nitrogens with zero attached hydrogens (tertiary/aromatic N) is 1. The van der Waals surface area contributed by atoms with Gasteiger partial charge in [-0.05, 0) is 37.1 Å². The normalized spacial score (nSPS) is 10.8. The average Bonchev–Trinajstić information content (AvgIpc) is 2.87. The summed E-state index contributed by atoms with van der Waals surface area (Å²) in [6.07, 6.45) is 0. The van der Waals surface area contributed by atoms with Crippen LogP contribution in [0.5, 0.6) is 0 Å². The number of aromatic amines is 1. The first-order valence-corrected chi connectivity index (χ1v) is 6.93. The minimum atomic E-state index is -0.0638. The second-order valence-electron chi connectivity index (χ2n) is 5.15. The van der Waals surface area contributed by atoms with Crippen LogP contribution in [0.1, 0.15) is 27.3 Å². The maximum absolute atomic E-state index is 12.3. The molecule has 0 radical (unpaired) electrons. The number of carbonyl (C=O) groups excluding carboxylic acids is 1. The fraction of sp³-hybridized carbons (Fsp3) is 0.176. The number of carbonyl (C=O) groups is 1. The van der Waals surface area contributed by atoms with Gasteiger partial charge in [-0.25, -0.2) is 4.98 Å². The highest BCUT2D eigenvalue weighted by molar-refractivity contribution is 5.97.